The van der Waals surface area contributed by atoms with Gasteiger partial charge in [0, 0.05) is 12.3 Å². The molecular weight excluding hydrogens is 269 g/mol. The number of nitrogen functional groups attached to an aromatic ring is 1. The topological polar surface area (TPSA) is 102 Å². The SMILES string of the molecule is CCOCCOc1ccc(N)cc1S(=O)(=O)[O-].[Na+]. The van der Waals surface area contributed by atoms with E-state index < -0.39 is 15.0 Å². The molecule has 0 bridgehead atoms. The van der Waals surface area contributed by atoms with Crippen LogP contribution in [-0.2, 0) is 14.9 Å². The van der Waals surface area contributed by atoms with E-state index in [1.807, 2.05) is 6.92 Å². The van der Waals surface area contributed by atoms with Crippen molar-refractivity contribution in [3.05, 3.63) is 18.2 Å². The van der Waals surface area contributed by atoms with Crippen LogP contribution in [0.1, 0.15) is 6.92 Å². The summed E-state index contributed by atoms with van der Waals surface area (Å²) in [5.74, 6) is -0.00565. The average molecular weight is 283 g/mol. The van der Waals surface area contributed by atoms with Crippen molar-refractivity contribution in [3.63, 3.8) is 0 Å². The molecule has 0 spiro atoms. The van der Waals surface area contributed by atoms with Crippen LogP contribution in [0.2, 0.25) is 0 Å². The van der Waals surface area contributed by atoms with Crippen LogP contribution >= 0.6 is 0 Å². The maximum atomic E-state index is 11.0. The van der Waals surface area contributed by atoms with Crippen LogP contribution in [0.25, 0.3) is 0 Å². The fourth-order valence-electron chi connectivity index (χ4n) is 1.19. The van der Waals surface area contributed by atoms with Crippen molar-refractivity contribution in [1.29, 1.82) is 0 Å². The average Bonchev–Trinajstić information content (AvgIpc) is 2.25. The van der Waals surface area contributed by atoms with E-state index in [2.05, 4.69) is 0 Å². The minimum absolute atomic E-state index is 0. The predicted octanol–water partition coefficient (Wildman–Crippen LogP) is -2.41. The molecule has 0 atom stereocenters. The van der Waals surface area contributed by atoms with Crippen LogP contribution in [0, 0.1) is 0 Å². The van der Waals surface area contributed by atoms with Gasteiger partial charge in [-0.05, 0) is 25.1 Å². The third kappa shape index (κ3) is 5.55. The maximum absolute atomic E-state index is 11.0. The van der Waals surface area contributed by atoms with E-state index >= 15 is 0 Å². The smallest absolute Gasteiger partial charge is 0.744 e. The Hall–Kier alpha value is -0.310. The quantitative estimate of drug-likeness (QED) is 0.270. The molecule has 0 fully saturated rings. The molecule has 2 N–H and O–H groups in total. The molecule has 0 aromatic heterocycles. The second kappa shape index (κ2) is 7.98. The summed E-state index contributed by atoms with van der Waals surface area (Å²) in [7, 11) is -4.59. The van der Waals surface area contributed by atoms with Gasteiger partial charge >= 0.3 is 29.6 Å². The van der Waals surface area contributed by atoms with Crippen molar-refractivity contribution in [3.8, 4) is 5.75 Å². The van der Waals surface area contributed by atoms with Gasteiger partial charge in [0.2, 0.25) is 0 Å². The van der Waals surface area contributed by atoms with E-state index in [4.69, 9.17) is 15.2 Å². The number of ether oxygens (including phenoxy) is 2. The van der Waals surface area contributed by atoms with Crippen molar-refractivity contribution in [2.45, 2.75) is 11.8 Å². The van der Waals surface area contributed by atoms with E-state index in [0.717, 1.165) is 6.07 Å². The fraction of sp³-hybridized carbons (Fsp3) is 0.400. The van der Waals surface area contributed by atoms with Crippen LogP contribution in [0.4, 0.5) is 5.69 Å². The molecule has 0 aliphatic carbocycles. The van der Waals surface area contributed by atoms with Crippen molar-refractivity contribution in [1.82, 2.24) is 0 Å². The molecule has 8 heteroatoms. The first-order valence-corrected chi connectivity index (χ1v) is 6.42. The third-order valence-electron chi connectivity index (χ3n) is 1.93. The second-order valence-electron chi connectivity index (χ2n) is 3.21. The number of rotatable bonds is 6. The van der Waals surface area contributed by atoms with Gasteiger partial charge in [0.05, 0.1) is 11.5 Å². The molecule has 0 radical (unpaired) electrons. The summed E-state index contributed by atoms with van der Waals surface area (Å²) < 4.78 is 43.1. The zero-order valence-corrected chi connectivity index (χ0v) is 13.2. The standard InChI is InChI=1S/C10H15NO5S.Na/c1-2-15-5-6-16-9-4-3-8(11)7-10(9)17(12,13)14;/h3-4,7H,2,5-6,11H2,1H3,(H,12,13,14);/q;+1/p-1. The third-order valence-corrected chi connectivity index (χ3v) is 2.78. The van der Waals surface area contributed by atoms with Gasteiger partial charge in [0.1, 0.15) is 22.5 Å². The molecule has 1 aromatic carbocycles. The molecule has 0 heterocycles. The van der Waals surface area contributed by atoms with Gasteiger partial charge in [-0.3, -0.25) is 0 Å². The van der Waals surface area contributed by atoms with Crippen LogP contribution in [0.5, 0.6) is 5.75 Å². The second-order valence-corrected chi connectivity index (χ2v) is 4.55. The molecule has 0 aliphatic rings. The van der Waals surface area contributed by atoms with Gasteiger partial charge in [0.25, 0.3) is 0 Å². The Labute approximate surface area is 129 Å². The van der Waals surface area contributed by atoms with Crippen LogP contribution in [-0.4, -0.2) is 32.8 Å². The molecule has 18 heavy (non-hydrogen) atoms. The Morgan fingerprint density at radius 3 is 2.56 bits per heavy atom. The van der Waals surface area contributed by atoms with E-state index in [1.165, 1.54) is 12.1 Å². The number of nitrogens with two attached hydrogens (primary N) is 1. The summed E-state index contributed by atoms with van der Waals surface area (Å²) in [6.07, 6.45) is 0. The molecular formula is C10H14NNaO5S. The zero-order valence-electron chi connectivity index (χ0n) is 10.4. The molecule has 1 aromatic rings. The minimum Gasteiger partial charge on any atom is -0.744 e. The Morgan fingerprint density at radius 1 is 1.33 bits per heavy atom. The van der Waals surface area contributed by atoms with Crippen molar-refractivity contribution >= 4 is 15.8 Å². The summed E-state index contributed by atoms with van der Waals surface area (Å²) in [6.45, 7) is 2.86. The number of hydrogen-bond donors (Lipinski definition) is 1. The first kappa shape index (κ1) is 17.7. The first-order valence-electron chi connectivity index (χ1n) is 5.01. The fourth-order valence-corrected chi connectivity index (χ4v) is 1.85. The molecule has 6 nitrogen and oxygen atoms in total. The van der Waals surface area contributed by atoms with E-state index in [1.54, 1.807) is 0 Å². The molecule has 0 amide bonds. The van der Waals surface area contributed by atoms with E-state index in [0.29, 0.717) is 13.2 Å². The minimum atomic E-state index is -4.59. The van der Waals surface area contributed by atoms with Gasteiger partial charge in [-0.1, -0.05) is 0 Å². The number of anilines is 1. The largest absolute Gasteiger partial charge is 1.00 e. The summed E-state index contributed by atoms with van der Waals surface area (Å²) in [4.78, 5) is -0.450. The summed E-state index contributed by atoms with van der Waals surface area (Å²) in [5, 5.41) is 0. The zero-order chi connectivity index (χ0) is 12.9. The van der Waals surface area contributed by atoms with Crippen LogP contribution in [0.15, 0.2) is 23.1 Å². The van der Waals surface area contributed by atoms with Gasteiger partial charge in [-0.15, -0.1) is 0 Å². The predicted molar refractivity (Wildman–Crippen MR) is 60.8 cm³/mol. The van der Waals surface area contributed by atoms with E-state index in [-0.39, 0.29) is 47.6 Å². The van der Waals surface area contributed by atoms with Crippen molar-refractivity contribution < 1.29 is 52.0 Å². The number of benzene rings is 1. The Bertz CT molecular complexity index is 477. The van der Waals surface area contributed by atoms with Crippen molar-refractivity contribution in [2.24, 2.45) is 0 Å². The molecule has 0 saturated carbocycles. The molecule has 1 rings (SSSR count). The first-order chi connectivity index (χ1) is 7.95. The molecule has 96 valence electrons. The van der Waals surface area contributed by atoms with Gasteiger partial charge in [0.15, 0.2) is 0 Å². The molecule has 0 aliphatic heterocycles. The maximum Gasteiger partial charge on any atom is 1.00 e. The van der Waals surface area contributed by atoms with E-state index in [9.17, 15) is 13.0 Å². The van der Waals surface area contributed by atoms with Crippen LogP contribution in [0.3, 0.4) is 0 Å². The Morgan fingerprint density at radius 2 is 2.00 bits per heavy atom. The van der Waals surface area contributed by atoms with Crippen molar-refractivity contribution in [2.75, 3.05) is 25.6 Å². The van der Waals surface area contributed by atoms with Gasteiger partial charge in [-0.2, -0.15) is 0 Å². The van der Waals surface area contributed by atoms with Gasteiger partial charge in [-0.25, -0.2) is 8.42 Å². The van der Waals surface area contributed by atoms with Gasteiger partial charge < -0.3 is 19.8 Å². The Balaban J connectivity index is 0.00000289. The van der Waals surface area contributed by atoms with Crippen LogP contribution < -0.4 is 40.0 Å². The summed E-state index contributed by atoms with van der Waals surface area (Å²) in [6, 6.07) is 3.90. The Kier molecular flexibility index (Phi) is 7.84. The summed E-state index contributed by atoms with van der Waals surface area (Å²) >= 11 is 0. The molecule has 0 unspecified atom stereocenters. The number of hydrogen-bond acceptors (Lipinski definition) is 6. The normalized spacial score (nSPS) is 10.8. The summed E-state index contributed by atoms with van der Waals surface area (Å²) in [5.41, 5.74) is 5.61. The monoisotopic (exact) mass is 283 g/mol. The molecule has 0 saturated heterocycles.